The van der Waals surface area contributed by atoms with E-state index in [1.54, 1.807) is 0 Å². The fraction of sp³-hybridized carbons (Fsp3) is 0. The molecule has 0 aliphatic heterocycles. The molecule has 0 radical (unpaired) electrons. The van der Waals surface area contributed by atoms with Crippen molar-refractivity contribution < 1.29 is 4.79 Å². The SMILES string of the molecule is O=C1C(c2ccc(Br)cc2)=C(c2ccccc2)c2c(-c3ccccc3)cc(Br)c(-c3ccccc3)c21. The van der Waals surface area contributed by atoms with Crippen LogP contribution in [0.2, 0.25) is 0 Å². The lowest BCUT2D eigenvalue weighted by molar-refractivity contribution is 0.106. The van der Waals surface area contributed by atoms with E-state index in [-0.39, 0.29) is 5.78 Å². The molecule has 0 atom stereocenters. The lowest BCUT2D eigenvalue weighted by Gasteiger charge is -2.18. The van der Waals surface area contributed by atoms with E-state index in [0.717, 1.165) is 64.6 Å². The van der Waals surface area contributed by atoms with E-state index in [0.29, 0.717) is 0 Å². The summed E-state index contributed by atoms with van der Waals surface area (Å²) in [7, 11) is 0. The number of hydrogen-bond donors (Lipinski definition) is 0. The van der Waals surface area contributed by atoms with Crippen molar-refractivity contribution in [3.63, 3.8) is 0 Å². The van der Waals surface area contributed by atoms with Gasteiger partial charge >= 0.3 is 0 Å². The molecule has 1 aliphatic rings. The van der Waals surface area contributed by atoms with Crippen LogP contribution < -0.4 is 0 Å². The zero-order valence-electron chi connectivity index (χ0n) is 19.2. The number of allylic oxidation sites excluding steroid dienone is 1. The summed E-state index contributed by atoms with van der Waals surface area (Å²) in [4.78, 5) is 14.5. The number of rotatable bonds is 4. The van der Waals surface area contributed by atoms with Gasteiger partial charge in [0.2, 0.25) is 0 Å². The minimum Gasteiger partial charge on any atom is -0.289 e. The predicted molar refractivity (Wildman–Crippen MR) is 156 cm³/mol. The van der Waals surface area contributed by atoms with Crippen LogP contribution in [0.3, 0.4) is 0 Å². The third-order valence-corrected chi connectivity index (χ3v) is 7.73. The van der Waals surface area contributed by atoms with Gasteiger partial charge < -0.3 is 0 Å². The maximum absolute atomic E-state index is 14.5. The fourth-order valence-corrected chi connectivity index (χ4v) is 5.94. The smallest absolute Gasteiger partial charge is 0.195 e. The fourth-order valence-electron chi connectivity index (χ4n) is 5.02. The average Bonchev–Trinajstić information content (AvgIpc) is 3.23. The highest BCUT2D eigenvalue weighted by molar-refractivity contribution is 9.10. The van der Waals surface area contributed by atoms with Crippen molar-refractivity contribution in [3.05, 3.63) is 153 Å². The first-order valence-corrected chi connectivity index (χ1v) is 13.3. The standard InChI is InChI=1S/C33H20Br2O/c34-25-18-16-24(17-19-25)30-29(23-14-8-3-9-15-23)31-26(21-10-4-1-5-11-21)20-27(35)28(32(31)33(30)36)22-12-6-2-7-13-22/h1-20H. The molecule has 0 N–H and O–H groups in total. The van der Waals surface area contributed by atoms with Crippen LogP contribution in [0, 0.1) is 0 Å². The molecule has 1 aliphatic carbocycles. The van der Waals surface area contributed by atoms with Crippen molar-refractivity contribution >= 4 is 48.8 Å². The van der Waals surface area contributed by atoms with Gasteiger partial charge in [-0.1, -0.05) is 135 Å². The van der Waals surface area contributed by atoms with Crippen molar-refractivity contribution in [3.8, 4) is 22.3 Å². The van der Waals surface area contributed by atoms with Gasteiger partial charge in [0.1, 0.15) is 0 Å². The van der Waals surface area contributed by atoms with Gasteiger partial charge in [0.15, 0.2) is 5.78 Å². The van der Waals surface area contributed by atoms with Crippen LogP contribution in [0.5, 0.6) is 0 Å². The molecule has 0 saturated carbocycles. The van der Waals surface area contributed by atoms with Gasteiger partial charge in [0.05, 0.1) is 0 Å². The van der Waals surface area contributed by atoms with Crippen molar-refractivity contribution in [2.24, 2.45) is 0 Å². The van der Waals surface area contributed by atoms with Crippen LogP contribution in [0.25, 0.3) is 33.4 Å². The second kappa shape index (κ2) is 9.50. The van der Waals surface area contributed by atoms with Gasteiger partial charge in [-0.15, -0.1) is 0 Å². The molecule has 6 rings (SSSR count). The zero-order valence-corrected chi connectivity index (χ0v) is 22.4. The quantitative estimate of drug-likeness (QED) is 0.203. The Balaban J connectivity index is 1.76. The van der Waals surface area contributed by atoms with Gasteiger partial charge in [-0.25, -0.2) is 0 Å². The normalized spacial score (nSPS) is 12.7. The summed E-state index contributed by atoms with van der Waals surface area (Å²) < 4.78 is 1.89. The molecular formula is C33H20Br2O. The lowest BCUT2D eigenvalue weighted by atomic mass is 9.86. The first kappa shape index (κ1) is 22.9. The van der Waals surface area contributed by atoms with Gasteiger partial charge in [-0.3, -0.25) is 4.79 Å². The molecule has 0 unspecified atom stereocenters. The molecule has 0 aromatic heterocycles. The van der Waals surface area contributed by atoms with E-state index in [4.69, 9.17) is 0 Å². The minimum absolute atomic E-state index is 0.0449. The summed E-state index contributed by atoms with van der Waals surface area (Å²) in [5, 5.41) is 0. The van der Waals surface area contributed by atoms with Crippen LogP contribution >= 0.6 is 31.9 Å². The molecule has 5 aromatic carbocycles. The molecule has 3 heteroatoms. The van der Waals surface area contributed by atoms with Crippen LogP contribution in [-0.4, -0.2) is 5.78 Å². The number of fused-ring (bicyclic) bond motifs is 1. The largest absolute Gasteiger partial charge is 0.289 e. The van der Waals surface area contributed by atoms with Gasteiger partial charge in [-0.05, 0) is 46.0 Å². The predicted octanol–water partition coefficient (Wildman–Crippen LogP) is 9.70. The number of halogens is 2. The number of carbonyl (C=O) groups is 1. The first-order chi connectivity index (χ1) is 17.6. The summed E-state index contributed by atoms with van der Waals surface area (Å²) in [6.07, 6.45) is 0. The number of hydrogen-bond acceptors (Lipinski definition) is 1. The Bertz CT molecular complexity index is 1620. The maximum atomic E-state index is 14.5. The summed E-state index contributed by atoms with van der Waals surface area (Å²) in [6, 6.07) is 40.9. The molecule has 0 saturated heterocycles. The molecule has 0 amide bonds. The van der Waals surface area contributed by atoms with E-state index >= 15 is 0 Å². The second-order valence-corrected chi connectivity index (χ2v) is 10.5. The second-order valence-electron chi connectivity index (χ2n) is 8.72. The highest BCUT2D eigenvalue weighted by Gasteiger charge is 2.37. The summed E-state index contributed by atoms with van der Waals surface area (Å²) in [5.74, 6) is 0.0449. The Morgan fingerprint density at radius 2 is 0.944 bits per heavy atom. The molecule has 0 bridgehead atoms. The third-order valence-electron chi connectivity index (χ3n) is 6.58. The summed E-state index contributed by atoms with van der Waals surface area (Å²) in [5.41, 5.74) is 9.42. The van der Waals surface area contributed by atoms with Gasteiger partial charge in [0, 0.05) is 36.8 Å². The van der Waals surface area contributed by atoms with Crippen LogP contribution in [0.15, 0.2) is 130 Å². The van der Waals surface area contributed by atoms with E-state index in [2.05, 4.69) is 74.3 Å². The summed E-state index contributed by atoms with van der Waals surface area (Å²) in [6.45, 7) is 0. The lowest BCUT2D eigenvalue weighted by Crippen LogP contribution is -2.03. The Morgan fingerprint density at radius 1 is 0.444 bits per heavy atom. The average molecular weight is 592 g/mol. The third kappa shape index (κ3) is 3.89. The molecule has 172 valence electrons. The van der Waals surface area contributed by atoms with Crippen molar-refractivity contribution in [1.82, 2.24) is 0 Å². The Kier molecular flexibility index (Phi) is 6.04. The van der Waals surface area contributed by atoms with E-state index < -0.39 is 0 Å². The molecule has 0 fully saturated rings. The minimum atomic E-state index is 0.0449. The van der Waals surface area contributed by atoms with Crippen LogP contribution in [0.1, 0.15) is 27.0 Å². The highest BCUT2D eigenvalue weighted by Crippen LogP contribution is 2.51. The topological polar surface area (TPSA) is 17.1 Å². The first-order valence-electron chi connectivity index (χ1n) is 11.7. The molecule has 0 spiro atoms. The van der Waals surface area contributed by atoms with E-state index in [9.17, 15) is 4.79 Å². The van der Waals surface area contributed by atoms with Crippen molar-refractivity contribution in [2.75, 3.05) is 0 Å². The van der Waals surface area contributed by atoms with E-state index in [1.165, 1.54) is 0 Å². The molecule has 5 aromatic rings. The molecule has 0 heterocycles. The van der Waals surface area contributed by atoms with E-state index in [1.807, 2.05) is 78.9 Å². The number of carbonyl (C=O) groups excluding carboxylic acids is 1. The van der Waals surface area contributed by atoms with Crippen molar-refractivity contribution in [2.45, 2.75) is 0 Å². The van der Waals surface area contributed by atoms with Gasteiger partial charge in [-0.2, -0.15) is 0 Å². The van der Waals surface area contributed by atoms with Crippen LogP contribution in [0.4, 0.5) is 0 Å². The molecular weight excluding hydrogens is 572 g/mol. The Labute approximate surface area is 227 Å². The monoisotopic (exact) mass is 590 g/mol. The number of ketones is 1. The molecule has 36 heavy (non-hydrogen) atoms. The highest BCUT2D eigenvalue weighted by atomic mass is 79.9. The number of Topliss-reactive ketones (excluding diaryl/α,β-unsaturated/α-hetero) is 1. The molecule has 1 nitrogen and oxygen atoms in total. The number of benzene rings is 5. The Morgan fingerprint density at radius 3 is 1.53 bits per heavy atom. The van der Waals surface area contributed by atoms with Crippen molar-refractivity contribution in [1.29, 1.82) is 0 Å². The Hall–Kier alpha value is -3.53. The summed E-state index contributed by atoms with van der Waals surface area (Å²) >= 11 is 7.39. The van der Waals surface area contributed by atoms with Crippen LogP contribution in [-0.2, 0) is 0 Å². The van der Waals surface area contributed by atoms with Gasteiger partial charge in [0.25, 0.3) is 0 Å². The zero-order chi connectivity index (χ0) is 24.6. The maximum Gasteiger partial charge on any atom is 0.195 e.